The zero-order valence-electron chi connectivity index (χ0n) is 21.2. The Morgan fingerprint density at radius 3 is 2.32 bits per heavy atom. The minimum atomic E-state index is -4.70. The van der Waals surface area contributed by atoms with E-state index in [0.29, 0.717) is 34.7 Å². The van der Waals surface area contributed by atoms with Crippen molar-refractivity contribution in [3.8, 4) is 5.75 Å². The third kappa shape index (κ3) is 8.38. The summed E-state index contributed by atoms with van der Waals surface area (Å²) in [6.07, 6.45) is -3.00. The molecule has 2 aromatic carbocycles. The van der Waals surface area contributed by atoms with Gasteiger partial charge in [0.1, 0.15) is 18.3 Å². The first-order valence-electron chi connectivity index (χ1n) is 11.7. The van der Waals surface area contributed by atoms with Gasteiger partial charge < -0.3 is 15.0 Å². The largest absolute Gasteiger partial charge is 0.497 e. The fourth-order valence-electron chi connectivity index (χ4n) is 3.70. The number of nitrogens with zero attached hydrogens (tertiary/aromatic N) is 2. The van der Waals surface area contributed by atoms with Crippen LogP contribution in [0.3, 0.4) is 0 Å². The van der Waals surface area contributed by atoms with E-state index in [1.165, 1.54) is 18.1 Å². The topological polar surface area (TPSA) is 96.0 Å². The van der Waals surface area contributed by atoms with Crippen LogP contribution in [0.4, 0.5) is 18.9 Å². The quantitative estimate of drug-likeness (QED) is 0.439. The lowest BCUT2D eigenvalue weighted by Gasteiger charge is -2.33. The van der Waals surface area contributed by atoms with Gasteiger partial charge in [-0.2, -0.15) is 13.2 Å². The summed E-state index contributed by atoms with van der Waals surface area (Å²) in [5, 5.41) is 2.75. The van der Waals surface area contributed by atoms with Crippen molar-refractivity contribution < 1.29 is 35.9 Å². The zero-order valence-corrected chi connectivity index (χ0v) is 22.0. The van der Waals surface area contributed by atoms with Gasteiger partial charge in [-0.15, -0.1) is 0 Å². The molecule has 0 fully saturated rings. The molecule has 204 valence electrons. The Bertz CT molecular complexity index is 1190. The molecule has 0 aliphatic heterocycles. The first kappa shape index (κ1) is 29.9. The fourth-order valence-corrected chi connectivity index (χ4v) is 4.55. The number of sulfonamides is 1. The number of hydrogen-bond donors (Lipinski definition) is 1. The van der Waals surface area contributed by atoms with Gasteiger partial charge in [-0.3, -0.25) is 13.9 Å². The van der Waals surface area contributed by atoms with Gasteiger partial charge in [-0.05, 0) is 48.7 Å². The number of amides is 2. The van der Waals surface area contributed by atoms with E-state index in [0.717, 1.165) is 18.4 Å². The summed E-state index contributed by atoms with van der Waals surface area (Å²) < 4.78 is 70.8. The third-order valence-corrected chi connectivity index (χ3v) is 6.70. The molecule has 37 heavy (non-hydrogen) atoms. The van der Waals surface area contributed by atoms with Crippen LogP contribution in [0.2, 0.25) is 0 Å². The lowest BCUT2D eigenvalue weighted by molar-refractivity contribution is -0.140. The van der Waals surface area contributed by atoms with Crippen LogP contribution in [0.25, 0.3) is 0 Å². The number of halogens is 3. The lowest BCUT2D eigenvalue weighted by atomic mass is 10.1. The molecule has 1 atom stereocenters. The molecule has 0 unspecified atom stereocenters. The van der Waals surface area contributed by atoms with Crippen LogP contribution in [0, 0.1) is 0 Å². The number of methoxy groups -OCH3 is 1. The standard InChI is InChI=1S/C25H32F3N3O5S/c1-5-13-29-24(33)22(6-2)30(16-18-9-7-12-21(14-18)36-3)23(32)17-31(37(4,34)35)20-11-8-10-19(15-20)25(26,27)28/h7-12,14-15,22H,5-6,13,16-17H2,1-4H3,(H,29,33)/t22-/m1/s1. The van der Waals surface area contributed by atoms with Crippen molar-refractivity contribution in [3.05, 3.63) is 59.7 Å². The van der Waals surface area contributed by atoms with E-state index in [1.807, 2.05) is 6.92 Å². The van der Waals surface area contributed by atoms with Gasteiger partial charge in [-0.25, -0.2) is 8.42 Å². The van der Waals surface area contributed by atoms with Crippen molar-refractivity contribution >= 4 is 27.5 Å². The minimum absolute atomic E-state index is 0.0473. The molecule has 0 heterocycles. The summed E-state index contributed by atoms with van der Waals surface area (Å²) in [6.45, 7) is 3.13. The number of hydrogen-bond acceptors (Lipinski definition) is 5. The Balaban J connectivity index is 2.49. The molecule has 0 bridgehead atoms. The second-order valence-electron chi connectivity index (χ2n) is 8.41. The third-order valence-electron chi connectivity index (χ3n) is 5.56. The van der Waals surface area contributed by atoms with Gasteiger partial charge in [0.05, 0.1) is 24.6 Å². The zero-order chi connectivity index (χ0) is 27.8. The number of carbonyl (C=O) groups is 2. The molecule has 0 saturated heterocycles. The fraction of sp³-hybridized carbons (Fsp3) is 0.440. The van der Waals surface area contributed by atoms with Crippen LogP contribution in [0.1, 0.15) is 37.8 Å². The highest BCUT2D eigenvalue weighted by atomic mass is 32.2. The van der Waals surface area contributed by atoms with Crippen molar-refractivity contribution in [2.75, 3.05) is 30.8 Å². The average Bonchev–Trinajstić information content (AvgIpc) is 2.84. The first-order valence-corrected chi connectivity index (χ1v) is 13.5. The molecule has 0 saturated carbocycles. The van der Waals surface area contributed by atoms with Crippen LogP contribution in [-0.2, 0) is 32.3 Å². The average molecular weight is 544 g/mol. The number of rotatable bonds is 12. The molecule has 2 aromatic rings. The molecule has 2 rings (SSSR count). The van der Waals surface area contributed by atoms with Crippen LogP contribution in [-0.4, -0.2) is 57.6 Å². The van der Waals surface area contributed by atoms with Crippen molar-refractivity contribution in [1.29, 1.82) is 0 Å². The van der Waals surface area contributed by atoms with E-state index >= 15 is 0 Å². The second kappa shape index (κ2) is 12.8. The highest BCUT2D eigenvalue weighted by molar-refractivity contribution is 7.92. The number of anilines is 1. The molecule has 2 amide bonds. The van der Waals surface area contributed by atoms with Crippen molar-refractivity contribution in [2.45, 2.75) is 45.5 Å². The van der Waals surface area contributed by atoms with Gasteiger partial charge >= 0.3 is 6.18 Å². The van der Waals surface area contributed by atoms with Crippen LogP contribution in [0.5, 0.6) is 5.75 Å². The Hall–Kier alpha value is -3.28. The molecular formula is C25H32F3N3O5S. The van der Waals surface area contributed by atoms with Crippen molar-refractivity contribution in [1.82, 2.24) is 10.2 Å². The van der Waals surface area contributed by atoms with Crippen LogP contribution >= 0.6 is 0 Å². The normalized spacial score (nSPS) is 12.5. The van der Waals surface area contributed by atoms with Crippen LogP contribution in [0.15, 0.2) is 48.5 Å². The predicted molar refractivity (Wildman–Crippen MR) is 135 cm³/mol. The number of benzene rings is 2. The maximum Gasteiger partial charge on any atom is 0.416 e. The minimum Gasteiger partial charge on any atom is -0.497 e. The van der Waals surface area contributed by atoms with Gasteiger partial charge in [0.15, 0.2) is 0 Å². The molecule has 12 heteroatoms. The number of nitrogens with one attached hydrogen (secondary N) is 1. The molecule has 0 aromatic heterocycles. The van der Waals surface area contributed by atoms with E-state index in [2.05, 4.69) is 5.32 Å². The smallest absolute Gasteiger partial charge is 0.416 e. The van der Waals surface area contributed by atoms with Gasteiger partial charge in [0, 0.05) is 13.1 Å². The number of ether oxygens (including phenoxy) is 1. The van der Waals surface area contributed by atoms with Crippen molar-refractivity contribution in [2.24, 2.45) is 0 Å². The Morgan fingerprint density at radius 1 is 1.08 bits per heavy atom. The lowest BCUT2D eigenvalue weighted by Crippen LogP contribution is -2.52. The SMILES string of the molecule is CCCNC(=O)[C@@H](CC)N(Cc1cccc(OC)c1)C(=O)CN(c1cccc(C(F)(F)F)c1)S(C)(=O)=O. The first-order chi connectivity index (χ1) is 17.3. The highest BCUT2D eigenvalue weighted by Gasteiger charge is 2.34. The number of alkyl halides is 3. The molecule has 8 nitrogen and oxygen atoms in total. The summed E-state index contributed by atoms with van der Waals surface area (Å²) in [4.78, 5) is 27.7. The van der Waals surface area contributed by atoms with E-state index < -0.39 is 46.2 Å². The number of carbonyl (C=O) groups excluding carboxylic acids is 2. The molecule has 1 N–H and O–H groups in total. The van der Waals surface area contributed by atoms with Crippen molar-refractivity contribution in [3.63, 3.8) is 0 Å². The van der Waals surface area contributed by atoms with E-state index in [4.69, 9.17) is 4.74 Å². The molecule has 0 aliphatic carbocycles. The summed E-state index contributed by atoms with van der Waals surface area (Å²) in [6, 6.07) is 9.62. The summed E-state index contributed by atoms with van der Waals surface area (Å²) in [7, 11) is -2.68. The Morgan fingerprint density at radius 2 is 1.76 bits per heavy atom. The van der Waals surface area contributed by atoms with Gasteiger partial charge in [0.25, 0.3) is 0 Å². The second-order valence-corrected chi connectivity index (χ2v) is 10.3. The van der Waals surface area contributed by atoms with E-state index in [9.17, 15) is 31.2 Å². The van der Waals surface area contributed by atoms with Gasteiger partial charge in [0.2, 0.25) is 21.8 Å². The summed E-state index contributed by atoms with van der Waals surface area (Å²) in [5.41, 5.74) is -0.736. The monoisotopic (exact) mass is 543 g/mol. The van der Waals surface area contributed by atoms with E-state index in [1.54, 1.807) is 31.2 Å². The Labute approximate surface area is 215 Å². The maximum atomic E-state index is 13.6. The summed E-state index contributed by atoms with van der Waals surface area (Å²) >= 11 is 0. The van der Waals surface area contributed by atoms with Crippen LogP contribution < -0.4 is 14.4 Å². The summed E-state index contributed by atoms with van der Waals surface area (Å²) in [5.74, 6) is -0.634. The maximum absolute atomic E-state index is 13.6. The van der Waals surface area contributed by atoms with E-state index in [-0.39, 0.29) is 18.7 Å². The highest BCUT2D eigenvalue weighted by Crippen LogP contribution is 2.32. The molecule has 0 aliphatic rings. The Kier molecular flexibility index (Phi) is 10.4. The predicted octanol–water partition coefficient (Wildman–Crippen LogP) is 3.81. The molecule has 0 spiro atoms. The molecular weight excluding hydrogens is 511 g/mol. The molecule has 0 radical (unpaired) electrons. The van der Waals surface area contributed by atoms with Gasteiger partial charge in [-0.1, -0.05) is 32.0 Å².